The number of rotatable bonds is 6. The second-order valence-corrected chi connectivity index (χ2v) is 5.93. The summed E-state index contributed by atoms with van der Waals surface area (Å²) < 4.78 is 1.40. The summed E-state index contributed by atoms with van der Waals surface area (Å²) in [6.45, 7) is 2.37. The standard InChI is InChI=1S/C18H21N5O2/c1-2-6-14(24)13-11-20-16-15(21-13)17(25)23(18(19)22-16)10-9-12-7-4-3-5-8-12/h3-5,7-8,11,14,24H,2,6,9-10H2,1H3,(H2,19,20,22)/t14-/m1/s1. The third-order valence-corrected chi connectivity index (χ3v) is 4.09. The Kier molecular flexibility index (Phi) is 5.04. The van der Waals surface area contributed by atoms with Gasteiger partial charge in [-0.15, -0.1) is 0 Å². The van der Waals surface area contributed by atoms with E-state index in [4.69, 9.17) is 5.73 Å². The lowest BCUT2D eigenvalue weighted by molar-refractivity contribution is 0.161. The Bertz CT molecular complexity index is 924. The van der Waals surface area contributed by atoms with Crippen molar-refractivity contribution in [2.45, 2.75) is 38.8 Å². The lowest BCUT2D eigenvalue weighted by Gasteiger charge is -2.12. The summed E-state index contributed by atoms with van der Waals surface area (Å²) in [4.78, 5) is 25.4. The fourth-order valence-corrected chi connectivity index (χ4v) is 2.71. The first-order chi connectivity index (χ1) is 12.1. The highest BCUT2D eigenvalue weighted by atomic mass is 16.3. The van der Waals surface area contributed by atoms with Crippen LogP contribution in [0.15, 0.2) is 41.3 Å². The highest BCUT2D eigenvalue weighted by molar-refractivity contribution is 5.69. The molecule has 0 radical (unpaired) electrons. The number of anilines is 1. The Morgan fingerprint density at radius 3 is 2.72 bits per heavy atom. The molecule has 3 rings (SSSR count). The maximum atomic E-state index is 12.8. The maximum Gasteiger partial charge on any atom is 0.283 e. The number of nitrogen functional groups attached to an aromatic ring is 1. The van der Waals surface area contributed by atoms with Crippen LogP contribution in [-0.4, -0.2) is 24.6 Å². The summed E-state index contributed by atoms with van der Waals surface area (Å²) in [6.07, 6.45) is 2.73. The number of aliphatic hydroxyl groups excluding tert-OH is 1. The molecule has 1 atom stereocenters. The number of fused-ring (bicyclic) bond motifs is 1. The average molecular weight is 339 g/mol. The first-order valence-electron chi connectivity index (χ1n) is 8.35. The smallest absolute Gasteiger partial charge is 0.283 e. The molecule has 7 nitrogen and oxygen atoms in total. The van der Waals surface area contributed by atoms with E-state index >= 15 is 0 Å². The van der Waals surface area contributed by atoms with Crippen LogP contribution < -0.4 is 11.3 Å². The zero-order valence-corrected chi connectivity index (χ0v) is 14.1. The minimum Gasteiger partial charge on any atom is -0.387 e. The van der Waals surface area contributed by atoms with Crippen LogP contribution in [0.1, 0.15) is 37.1 Å². The third-order valence-electron chi connectivity index (χ3n) is 4.09. The second-order valence-electron chi connectivity index (χ2n) is 5.93. The van der Waals surface area contributed by atoms with Crippen molar-refractivity contribution in [2.75, 3.05) is 5.73 Å². The van der Waals surface area contributed by atoms with Gasteiger partial charge in [-0.05, 0) is 18.4 Å². The lowest BCUT2D eigenvalue weighted by Crippen LogP contribution is -2.27. The quantitative estimate of drug-likeness (QED) is 0.710. The summed E-state index contributed by atoms with van der Waals surface area (Å²) in [5.74, 6) is 0.115. The Balaban J connectivity index is 1.96. The molecular formula is C18H21N5O2. The predicted octanol–water partition coefficient (Wildman–Crippen LogP) is 1.84. The van der Waals surface area contributed by atoms with E-state index in [-0.39, 0.29) is 22.7 Å². The summed E-state index contributed by atoms with van der Waals surface area (Å²) in [6, 6.07) is 9.84. The molecule has 0 spiro atoms. The van der Waals surface area contributed by atoms with Crippen LogP contribution in [0, 0.1) is 0 Å². The van der Waals surface area contributed by atoms with Crippen LogP contribution in [0.25, 0.3) is 11.2 Å². The molecule has 130 valence electrons. The highest BCUT2D eigenvalue weighted by Gasteiger charge is 2.15. The van der Waals surface area contributed by atoms with Gasteiger partial charge in [-0.1, -0.05) is 43.7 Å². The molecule has 3 N–H and O–H groups in total. The van der Waals surface area contributed by atoms with Gasteiger partial charge in [-0.2, -0.15) is 4.98 Å². The number of benzene rings is 1. The molecule has 25 heavy (non-hydrogen) atoms. The molecule has 0 saturated carbocycles. The summed E-state index contributed by atoms with van der Waals surface area (Å²) in [7, 11) is 0. The SMILES string of the molecule is CCC[C@@H](O)c1cnc2nc(N)n(CCc3ccccc3)c(=O)c2n1. The van der Waals surface area contributed by atoms with Crippen molar-refractivity contribution >= 4 is 17.1 Å². The molecule has 3 aromatic rings. The minimum absolute atomic E-state index is 0.115. The maximum absolute atomic E-state index is 12.8. The van der Waals surface area contributed by atoms with Gasteiger partial charge in [0.2, 0.25) is 5.95 Å². The average Bonchev–Trinajstić information content (AvgIpc) is 2.62. The number of hydrogen-bond acceptors (Lipinski definition) is 6. The number of nitrogens with two attached hydrogens (primary N) is 1. The zero-order valence-electron chi connectivity index (χ0n) is 14.1. The molecule has 0 unspecified atom stereocenters. The third kappa shape index (κ3) is 3.66. The van der Waals surface area contributed by atoms with Gasteiger partial charge in [0.25, 0.3) is 5.56 Å². The van der Waals surface area contributed by atoms with Gasteiger partial charge in [-0.25, -0.2) is 9.97 Å². The Labute approximate surface area is 145 Å². The van der Waals surface area contributed by atoms with Gasteiger partial charge in [0.1, 0.15) is 0 Å². The van der Waals surface area contributed by atoms with Crippen LogP contribution in [0.3, 0.4) is 0 Å². The Hall–Kier alpha value is -2.80. The molecule has 2 aromatic heterocycles. The fraction of sp³-hybridized carbons (Fsp3) is 0.333. The number of aryl methyl sites for hydroxylation is 1. The normalized spacial score (nSPS) is 12.4. The lowest BCUT2D eigenvalue weighted by atomic mass is 10.1. The number of nitrogens with zero attached hydrogens (tertiary/aromatic N) is 4. The van der Waals surface area contributed by atoms with E-state index in [9.17, 15) is 9.90 Å². The molecule has 0 fully saturated rings. The van der Waals surface area contributed by atoms with E-state index in [1.54, 1.807) is 0 Å². The number of aliphatic hydroxyl groups is 1. The van der Waals surface area contributed by atoms with Gasteiger partial charge in [0.15, 0.2) is 11.2 Å². The van der Waals surface area contributed by atoms with Crippen LogP contribution in [0.2, 0.25) is 0 Å². The van der Waals surface area contributed by atoms with E-state index in [1.165, 1.54) is 10.8 Å². The van der Waals surface area contributed by atoms with E-state index < -0.39 is 6.10 Å². The second kappa shape index (κ2) is 7.40. The zero-order chi connectivity index (χ0) is 17.8. The largest absolute Gasteiger partial charge is 0.387 e. The van der Waals surface area contributed by atoms with Gasteiger partial charge in [0, 0.05) is 6.54 Å². The molecule has 1 aromatic carbocycles. The monoisotopic (exact) mass is 339 g/mol. The molecule has 0 aliphatic heterocycles. The van der Waals surface area contributed by atoms with E-state index in [0.717, 1.165) is 12.0 Å². The van der Waals surface area contributed by atoms with Gasteiger partial charge in [0.05, 0.1) is 18.0 Å². The van der Waals surface area contributed by atoms with E-state index in [1.807, 2.05) is 37.3 Å². The van der Waals surface area contributed by atoms with Crippen molar-refractivity contribution in [3.63, 3.8) is 0 Å². The molecule has 2 heterocycles. The van der Waals surface area contributed by atoms with Crippen molar-refractivity contribution in [1.29, 1.82) is 0 Å². The van der Waals surface area contributed by atoms with E-state index in [2.05, 4.69) is 15.0 Å². The Morgan fingerprint density at radius 2 is 2.00 bits per heavy atom. The van der Waals surface area contributed by atoms with Crippen molar-refractivity contribution in [1.82, 2.24) is 19.5 Å². The van der Waals surface area contributed by atoms with Crippen molar-refractivity contribution in [2.24, 2.45) is 0 Å². The molecule has 0 aliphatic carbocycles. The van der Waals surface area contributed by atoms with Gasteiger partial charge >= 0.3 is 0 Å². The number of hydrogen-bond donors (Lipinski definition) is 2. The molecular weight excluding hydrogens is 318 g/mol. The minimum atomic E-state index is -0.739. The van der Waals surface area contributed by atoms with Crippen molar-refractivity contribution in [3.05, 3.63) is 58.1 Å². The Morgan fingerprint density at radius 1 is 1.24 bits per heavy atom. The van der Waals surface area contributed by atoms with Crippen LogP contribution in [0.5, 0.6) is 0 Å². The molecule has 0 saturated heterocycles. The predicted molar refractivity (Wildman–Crippen MR) is 96.0 cm³/mol. The first-order valence-corrected chi connectivity index (χ1v) is 8.35. The van der Waals surface area contributed by atoms with Crippen molar-refractivity contribution < 1.29 is 5.11 Å². The number of aromatic nitrogens is 4. The summed E-state index contributed by atoms with van der Waals surface area (Å²) in [5, 5.41) is 10.1. The molecule has 7 heteroatoms. The topological polar surface area (TPSA) is 107 Å². The molecule has 0 aliphatic rings. The highest BCUT2D eigenvalue weighted by Crippen LogP contribution is 2.16. The fourth-order valence-electron chi connectivity index (χ4n) is 2.71. The van der Waals surface area contributed by atoms with Crippen molar-refractivity contribution in [3.8, 4) is 0 Å². The van der Waals surface area contributed by atoms with Crippen LogP contribution in [-0.2, 0) is 13.0 Å². The first kappa shape index (κ1) is 17.0. The van der Waals surface area contributed by atoms with Crippen LogP contribution in [0.4, 0.5) is 5.95 Å². The molecule has 0 bridgehead atoms. The summed E-state index contributed by atoms with van der Waals surface area (Å²) >= 11 is 0. The molecule has 0 amide bonds. The van der Waals surface area contributed by atoms with Crippen LogP contribution >= 0.6 is 0 Å². The van der Waals surface area contributed by atoms with E-state index in [0.29, 0.717) is 25.1 Å². The van der Waals surface area contributed by atoms with Gasteiger partial charge in [-0.3, -0.25) is 9.36 Å². The summed E-state index contributed by atoms with van der Waals surface area (Å²) in [5.41, 5.74) is 7.42. The van der Waals surface area contributed by atoms with Gasteiger partial charge < -0.3 is 10.8 Å².